The number of carbonyl (C=O) groups excluding carboxylic acids is 1. The number of hydrogen-bond acceptors (Lipinski definition) is 5. The number of ether oxygens (including phenoxy) is 1. The Hall–Kier alpha value is -1.39. The largest absolute Gasteiger partial charge is 0.465 e. The smallest absolute Gasteiger partial charge is 0.321 e. The average Bonchev–Trinajstić information content (AvgIpc) is 3.09. The van der Waals surface area contributed by atoms with Crippen LogP contribution in [0.5, 0.6) is 0 Å². The van der Waals surface area contributed by atoms with Gasteiger partial charge in [-0.2, -0.15) is 4.98 Å². The van der Waals surface area contributed by atoms with Crippen LogP contribution in [0.25, 0.3) is 0 Å². The highest BCUT2D eigenvalue weighted by molar-refractivity contribution is 5.81. The van der Waals surface area contributed by atoms with Crippen LogP contribution < -0.4 is 0 Å². The van der Waals surface area contributed by atoms with Gasteiger partial charge in [-0.1, -0.05) is 19.0 Å². The van der Waals surface area contributed by atoms with Crippen LogP contribution in [0.1, 0.15) is 58.2 Å². The van der Waals surface area contributed by atoms with E-state index in [4.69, 9.17) is 9.26 Å². The molecule has 1 aromatic rings. The molecule has 5 heteroatoms. The molecule has 0 radical (unpaired) electrons. The first kappa shape index (κ1) is 14.0. The molecule has 5 nitrogen and oxygen atoms in total. The van der Waals surface area contributed by atoms with Gasteiger partial charge in [-0.15, -0.1) is 0 Å². The topological polar surface area (TPSA) is 65.2 Å². The molecule has 0 N–H and O–H groups in total. The summed E-state index contributed by atoms with van der Waals surface area (Å²) >= 11 is 0. The van der Waals surface area contributed by atoms with Crippen LogP contribution in [-0.4, -0.2) is 22.7 Å². The summed E-state index contributed by atoms with van der Waals surface area (Å²) in [6.45, 7) is 6.07. The standard InChI is InChI=1S/C14H22N2O3/c1-4-14(5-2,13(17)18-6-3)12-15-11(16-19-12)9-10-7-8-10/h10H,4-9H2,1-3H3. The number of rotatable bonds is 7. The number of nitrogens with zero attached hydrogens (tertiary/aromatic N) is 2. The second kappa shape index (κ2) is 5.72. The quantitative estimate of drug-likeness (QED) is 0.710. The molecule has 106 valence electrons. The average molecular weight is 266 g/mol. The zero-order valence-corrected chi connectivity index (χ0v) is 11.9. The van der Waals surface area contributed by atoms with Gasteiger partial charge in [-0.25, -0.2) is 0 Å². The van der Waals surface area contributed by atoms with E-state index in [9.17, 15) is 4.79 Å². The minimum Gasteiger partial charge on any atom is -0.465 e. The number of aromatic nitrogens is 2. The van der Waals surface area contributed by atoms with Crippen molar-refractivity contribution in [2.75, 3.05) is 6.61 Å². The molecule has 0 aromatic carbocycles. The fraction of sp³-hybridized carbons (Fsp3) is 0.786. The fourth-order valence-corrected chi connectivity index (χ4v) is 2.31. The summed E-state index contributed by atoms with van der Waals surface area (Å²) in [5, 5.41) is 4.01. The molecular formula is C14H22N2O3. The first-order valence-corrected chi connectivity index (χ1v) is 7.16. The van der Waals surface area contributed by atoms with Crippen LogP contribution in [0.3, 0.4) is 0 Å². The van der Waals surface area contributed by atoms with Crippen LogP contribution in [0.15, 0.2) is 4.52 Å². The van der Waals surface area contributed by atoms with Crippen molar-refractivity contribution in [3.8, 4) is 0 Å². The molecule has 19 heavy (non-hydrogen) atoms. The molecule has 1 aromatic heterocycles. The molecule has 1 heterocycles. The first-order valence-electron chi connectivity index (χ1n) is 7.16. The second-order valence-electron chi connectivity index (χ2n) is 5.17. The zero-order chi connectivity index (χ0) is 13.9. The van der Waals surface area contributed by atoms with Gasteiger partial charge < -0.3 is 9.26 Å². The monoisotopic (exact) mass is 266 g/mol. The molecule has 0 saturated heterocycles. The van der Waals surface area contributed by atoms with Gasteiger partial charge >= 0.3 is 5.97 Å². The molecule has 0 atom stereocenters. The van der Waals surface area contributed by atoms with E-state index in [0.29, 0.717) is 37.1 Å². The van der Waals surface area contributed by atoms with E-state index in [-0.39, 0.29) is 5.97 Å². The Morgan fingerprint density at radius 3 is 2.58 bits per heavy atom. The van der Waals surface area contributed by atoms with E-state index < -0.39 is 5.41 Å². The van der Waals surface area contributed by atoms with Crippen molar-refractivity contribution >= 4 is 5.97 Å². The molecule has 0 unspecified atom stereocenters. The Kier molecular flexibility index (Phi) is 4.22. The van der Waals surface area contributed by atoms with Gasteiger partial charge in [0.1, 0.15) is 5.41 Å². The van der Waals surface area contributed by atoms with E-state index in [0.717, 1.165) is 6.42 Å². The molecule has 1 fully saturated rings. The maximum absolute atomic E-state index is 12.2. The lowest BCUT2D eigenvalue weighted by molar-refractivity contribution is -0.151. The predicted octanol–water partition coefficient (Wildman–Crippen LogP) is 2.64. The molecule has 1 aliphatic rings. The maximum atomic E-state index is 12.2. The normalized spacial score (nSPS) is 15.5. The minimum atomic E-state index is -0.787. The lowest BCUT2D eigenvalue weighted by atomic mass is 9.82. The summed E-state index contributed by atoms with van der Waals surface area (Å²) in [4.78, 5) is 16.7. The predicted molar refractivity (Wildman–Crippen MR) is 69.6 cm³/mol. The highest BCUT2D eigenvalue weighted by Crippen LogP contribution is 2.34. The van der Waals surface area contributed by atoms with Crippen molar-refractivity contribution in [1.29, 1.82) is 0 Å². The van der Waals surface area contributed by atoms with Crippen molar-refractivity contribution < 1.29 is 14.1 Å². The van der Waals surface area contributed by atoms with Crippen LogP contribution in [0.2, 0.25) is 0 Å². The van der Waals surface area contributed by atoms with E-state index in [1.807, 2.05) is 13.8 Å². The van der Waals surface area contributed by atoms with Crippen molar-refractivity contribution in [2.24, 2.45) is 5.92 Å². The van der Waals surface area contributed by atoms with Crippen LogP contribution >= 0.6 is 0 Å². The molecule has 0 aliphatic heterocycles. The molecule has 0 amide bonds. The summed E-state index contributed by atoms with van der Waals surface area (Å²) in [6, 6.07) is 0. The van der Waals surface area contributed by atoms with E-state index in [1.54, 1.807) is 6.92 Å². The Labute approximate surface area is 113 Å². The third kappa shape index (κ3) is 2.80. The summed E-state index contributed by atoms with van der Waals surface area (Å²) in [5.74, 6) is 1.56. The Morgan fingerprint density at radius 1 is 1.37 bits per heavy atom. The van der Waals surface area contributed by atoms with Gasteiger partial charge in [0.25, 0.3) is 0 Å². The first-order chi connectivity index (χ1) is 9.16. The van der Waals surface area contributed by atoms with Gasteiger partial charge in [0.15, 0.2) is 5.82 Å². The summed E-state index contributed by atoms with van der Waals surface area (Å²) in [7, 11) is 0. The number of carbonyl (C=O) groups is 1. The van der Waals surface area contributed by atoms with Crippen LogP contribution in [0.4, 0.5) is 0 Å². The van der Waals surface area contributed by atoms with Crippen molar-refractivity contribution in [1.82, 2.24) is 10.1 Å². The summed E-state index contributed by atoms with van der Waals surface area (Å²) in [5.41, 5.74) is -0.787. The third-order valence-corrected chi connectivity index (χ3v) is 3.92. The highest BCUT2D eigenvalue weighted by Gasteiger charge is 2.44. The maximum Gasteiger partial charge on any atom is 0.321 e. The SMILES string of the molecule is CCOC(=O)C(CC)(CC)c1nc(CC2CC2)no1. The number of hydrogen-bond donors (Lipinski definition) is 0. The van der Waals surface area contributed by atoms with Crippen molar-refractivity contribution in [3.05, 3.63) is 11.7 Å². The minimum absolute atomic E-state index is 0.262. The second-order valence-corrected chi connectivity index (χ2v) is 5.17. The molecule has 0 bridgehead atoms. The molecule has 1 saturated carbocycles. The van der Waals surface area contributed by atoms with Gasteiger partial charge in [-0.3, -0.25) is 4.79 Å². The molecule has 2 rings (SSSR count). The molecule has 1 aliphatic carbocycles. The van der Waals surface area contributed by atoms with Crippen LogP contribution in [0, 0.1) is 5.92 Å². The lowest BCUT2D eigenvalue weighted by Crippen LogP contribution is -2.36. The summed E-state index contributed by atoms with van der Waals surface area (Å²) in [6.07, 6.45) is 4.56. The van der Waals surface area contributed by atoms with Gasteiger partial charge in [0.2, 0.25) is 5.89 Å². The molecular weight excluding hydrogens is 244 g/mol. The lowest BCUT2D eigenvalue weighted by Gasteiger charge is -2.24. The Bertz CT molecular complexity index is 434. The van der Waals surface area contributed by atoms with E-state index >= 15 is 0 Å². The van der Waals surface area contributed by atoms with Crippen molar-refractivity contribution in [2.45, 2.75) is 58.3 Å². The van der Waals surface area contributed by atoms with E-state index in [2.05, 4.69) is 10.1 Å². The van der Waals surface area contributed by atoms with Gasteiger partial charge in [0, 0.05) is 6.42 Å². The highest BCUT2D eigenvalue weighted by atomic mass is 16.5. The van der Waals surface area contributed by atoms with Crippen LogP contribution in [-0.2, 0) is 21.4 Å². The molecule has 0 spiro atoms. The zero-order valence-electron chi connectivity index (χ0n) is 11.9. The number of esters is 1. The Balaban J connectivity index is 2.21. The van der Waals surface area contributed by atoms with E-state index in [1.165, 1.54) is 12.8 Å². The van der Waals surface area contributed by atoms with Gasteiger partial charge in [-0.05, 0) is 38.5 Å². The fourth-order valence-electron chi connectivity index (χ4n) is 2.31. The summed E-state index contributed by atoms with van der Waals surface area (Å²) < 4.78 is 10.5. The van der Waals surface area contributed by atoms with Gasteiger partial charge in [0.05, 0.1) is 6.61 Å². The Morgan fingerprint density at radius 2 is 2.05 bits per heavy atom. The van der Waals surface area contributed by atoms with Crippen molar-refractivity contribution in [3.63, 3.8) is 0 Å². The third-order valence-electron chi connectivity index (χ3n) is 3.92.